The fraction of sp³-hybridized carbons (Fsp3) is 0.667. The van der Waals surface area contributed by atoms with Gasteiger partial charge in [0, 0.05) is 14.2 Å². The quantitative estimate of drug-likeness (QED) is 0.327. The maximum atomic E-state index is 9.95. The number of halogens is 1. The summed E-state index contributed by atoms with van der Waals surface area (Å²) < 4.78 is 17.7. The molecule has 0 saturated heterocycles. The van der Waals surface area contributed by atoms with Crippen LogP contribution in [-0.2, 0) is 33.1 Å². The number of phosphoric acid groups is 1. The second-order valence-corrected chi connectivity index (χ2v) is 2.44. The molecule has 0 aromatic carbocycles. The Labute approximate surface area is 87.2 Å². The molecule has 0 atom stereocenters. The van der Waals surface area contributed by atoms with Crippen LogP contribution in [0.15, 0.2) is 0 Å². The summed E-state index contributed by atoms with van der Waals surface area (Å²) in [4.78, 5) is 13.2. The van der Waals surface area contributed by atoms with E-state index in [2.05, 4.69) is 14.0 Å². The van der Waals surface area contributed by atoms with Gasteiger partial charge >= 0.3 is 19.5 Å². The van der Waals surface area contributed by atoms with Crippen LogP contribution in [0.3, 0.4) is 0 Å². The first-order valence-electron chi connectivity index (χ1n) is 1.81. The van der Waals surface area contributed by atoms with Gasteiger partial charge in [-0.1, -0.05) is 0 Å². The van der Waals surface area contributed by atoms with E-state index >= 15 is 0 Å². The van der Waals surface area contributed by atoms with E-state index in [9.17, 15) is 9.46 Å². The first kappa shape index (κ1) is 17.5. The summed E-state index contributed by atoms with van der Waals surface area (Å²) >= 11 is 1.90. The average Bonchev–Trinajstić information content (AvgIpc) is 1.93. The molecule has 0 rings (SSSR count). The van der Waals surface area contributed by atoms with E-state index in [1.165, 1.54) is 0 Å². The van der Waals surface area contributed by atoms with E-state index in [1.54, 1.807) is 0 Å². The Balaban J connectivity index is -0.000000149. The number of hydrogen-bond acceptors (Lipinski definition) is 4. The Morgan fingerprint density at radius 1 is 1.40 bits per heavy atom. The minimum atomic E-state index is -3.90. The maximum Gasteiger partial charge on any atom is 2.00 e. The van der Waals surface area contributed by atoms with Crippen LogP contribution in [0, 0.1) is 4.93 Å². The van der Waals surface area contributed by atoms with Crippen LogP contribution < -0.4 is 4.89 Å². The summed E-state index contributed by atoms with van der Waals surface area (Å²) in [5, 5.41) is 0. The zero-order valence-corrected chi connectivity index (χ0v) is 11.9. The predicted octanol–water partition coefficient (Wildman–Crippen LogP) is 0.958. The molecule has 7 heteroatoms. The van der Waals surface area contributed by atoms with Gasteiger partial charge < -0.3 is 36.5 Å². The van der Waals surface area contributed by atoms with Gasteiger partial charge in [0.25, 0.3) is 7.82 Å². The van der Waals surface area contributed by atoms with Crippen molar-refractivity contribution < 1.29 is 38.0 Å². The van der Waals surface area contributed by atoms with Gasteiger partial charge in [0.1, 0.15) is 0 Å². The topological polar surface area (TPSA) is 58.6 Å². The second-order valence-electron chi connectivity index (χ2n) is 0.812. The number of phosphoric ester groups is 1. The summed E-state index contributed by atoms with van der Waals surface area (Å²) in [6.07, 6.45) is 0. The minimum absolute atomic E-state index is 0. The molecule has 58 valence electrons. The molecule has 0 saturated carbocycles. The zero-order chi connectivity index (χ0) is 7.91. The molecule has 0 aromatic heterocycles. The normalized spacial score (nSPS) is 8.90. The van der Waals surface area contributed by atoms with Crippen LogP contribution in [0.25, 0.3) is 0 Å². The molecule has 0 unspecified atom stereocenters. The molecule has 0 aliphatic carbocycles. The maximum absolute atomic E-state index is 9.95. The fourth-order valence-electron chi connectivity index (χ4n) is 0.0745. The average molecular weight is 331 g/mol. The van der Waals surface area contributed by atoms with Crippen molar-refractivity contribution in [1.29, 1.82) is 0 Å². The molecule has 0 aliphatic rings. The van der Waals surface area contributed by atoms with Gasteiger partial charge in [-0.3, -0.25) is 9.50 Å². The van der Waals surface area contributed by atoms with Crippen LogP contribution in [0.1, 0.15) is 0 Å². The smallest absolute Gasteiger partial charge is 0.756 e. The van der Waals surface area contributed by atoms with Crippen molar-refractivity contribution in [3.63, 3.8) is 0 Å². The molecule has 0 radical (unpaired) electrons. The standard InChI is InChI=1S/C2H7O4P.CH2I.Zn/c1-5-7(3,4)6-2;1-2;/h1-2H3,(H,3,4);1H2;/q;-1;+2/p-1. The van der Waals surface area contributed by atoms with Gasteiger partial charge in [0.2, 0.25) is 0 Å². The first-order chi connectivity index (χ1) is 4.12. The molecule has 0 fully saturated rings. The molecule has 0 N–H and O–H groups in total. The van der Waals surface area contributed by atoms with E-state index in [0.29, 0.717) is 0 Å². The van der Waals surface area contributed by atoms with Crippen molar-refractivity contribution in [1.82, 2.24) is 0 Å². The van der Waals surface area contributed by atoms with Gasteiger partial charge in [-0.15, -0.1) is 0 Å². The number of hydrogen-bond donors (Lipinski definition) is 0. The molecular formula is C3H8IO4PZn. The van der Waals surface area contributed by atoms with Gasteiger partial charge in [-0.25, -0.2) is 0 Å². The monoisotopic (exact) mass is 330 g/mol. The molecule has 4 nitrogen and oxygen atoms in total. The molecule has 0 spiro atoms. The summed E-state index contributed by atoms with van der Waals surface area (Å²) in [5.74, 6) is 0. The van der Waals surface area contributed by atoms with Crippen molar-refractivity contribution in [2.24, 2.45) is 0 Å². The van der Waals surface area contributed by atoms with E-state index in [0.717, 1.165) is 14.2 Å². The Morgan fingerprint density at radius 3 is 1.60 bits per heavy atom. The Morgan fingerprint density at radius 2 is 1.60 bits per heavy atom. The predicted molar refractivity (Wildman–Crippen MR) is 41.0 cm³/mol. The van der Waals surface area contributed by atoms with E-state index in [-0.39, 0.29) is 19.5 Å². The minimum Gasteiger partial charge on any atom is -0.756 e. The van der Waals surface area contributed by atoms with Crippen molar-refractivity contribution in [3.8, 4) is 0 Å². The van der Waals surface area contributed by atoms with Crippen molar-refractivity contribution in [2.75, 3.05) is 14.2 Å². The van der Waals surface area contributed by atoms with Crippen LogP contribution >= 0.6 is 30.4 Å². The Bertz CT molecular complexity index is 92.5. The van der Waals surface area contributed by atoms with Crippen LogP contribution in [-0.4, -0.2) is 14.2 Å². The molecule has 0 amide bonds. The molecule has 0 bridgehead atoms. The van der Waals surface area contributed by atoms with Crippen molar-refractivity contribution in [2.45, 2.75) is 0 Å². The van der Waals surface area contributed by atoms with Crippen molar-refractivity contribution in [3.05, 3.63) is 4.93 Å². The second kappa shape index (κ2) is 10.5. The largest absolute Gasteiger partial charge is 2.00 e. The zero-order valence-electron chi connectivity index (χ0n) is 5.87. The molecule has 0 aliphatic heterocycles. The third-order valence-corrected chi connectivity index (χ3v) is 1.34. The number of rotatable bonds is 2. The van der Waals surface area contributed by atoms with Crippen LogP contribution in [0.5, 0.6) is 0 Å². The van der Waals surface area contributed by atoms with Crippen molar-refractivity contribution >= 4 is 30.4 Å². The summed E-state index contributed by atoms with van der Waals surface area (Å²) in [6.45, 7) is 0. The van der Waals surface area contributed by atoms with Gasteiger partial charge in [0.05, 0.1) is 0 Å². The third-order valence-electron chi connectivity index (χ3n) is 0.447. The van der Waals surface area contributed by atoms with Crippen LogP contribution in [0.4, 0.5) is 0 Å². The fourth-order valence-corrected chi connectivity index (χ4v) is 0.224. The Hall–Kier alpha value is 1.46. The van der Waals surface area contributed by atoms with Gasteiger partial charge in [-0.05, 0) is 0 Å². The third kappa shape index (κ3) is 12.2. The van der Waals surface area contributed by atoms with Gasteiger partial charge in [0.15, 0.2) is 0 Å². The summed E-state index contributed by atoms with van der Waals surface area (Å²) in [5.41, 5.74) is 0. The summed E-state index contributed by atoms with van der Waals surface area (Å²) in [7, 11) is -1.83. The molecule has 10 heavy (non-hydrogen) atoms. The SMILES string of the molecule is COP(=O)([O-])OC.[CH2-]I.[Zn+2]. The van der Waals surface area contributed by atoms with E-state index in [4.69, 9.17) is 0 Å². The molecule has 0 aromatic rings. The van der Waals surface area contributed by atoms with Gasteiger partial charge in [-0.2, -0.15) is 0 Å². The van der Waals surface area contributed by atoms with Crippen LogP contribution in [0.2, 0.25) is 0 Å². The first-order valence-corrected chi connectivity index (χ1v) is 4.80. The molecule has 0 heterocycles. The summed E-state index contributed by atoms with van der Waals surface area (Å²) in [6, 6.07) is 0. The van der Waals surface area contributed by atoms with E-state index in [1.807, 2.05) is 22.6 Å². The molecular weight excluding hydrogens is 323 g/mol. The Kier molecular flexibility index (Phi) is 18.3. The van der Waals surface area contributed by atoms with E-state index < -0.39 is 7.82 Å².